The van der Waals surface area contributed by atoms with E-state index in [2.05, 4.69) is 5.32 Å². The molecule has 5 heteroatoms. The van der Waals surface area contributed by atoms with Crippen LogP contribution in [0.1, 0.15) is 16.7 Å². The van der Waals surface area contributed by atoms with Gasteiger partial charge in [0, 0.05) is 26.8 Å². The number of nitrogens with zero attached hydrogens (tertiary/aromatic N) is 1. The number of carbonyl (C=O) groups is 1. The van der Waals surface area contributed by atoms with Gasteiger partial charge in [0.1, 0.15) is 0 Å². The van der Waals surface area contributed by atoms with Gasteiger partial charge in [0.2, 0.25) is 0 Å². The minimum atomic E-state index is -0.0898. The summed E-state index contributed by atoms with van der Waals surface area (Å²) >= 11 is 0. The summed E-state index contributed by atoms with van der Waals surface area (Å²) in [6.45, 7) is 2.56. The maximum Gasteiger partial charge on any atom is 0.253 e. The third-order valence-electron chi connectivity index (χ3n) is 4.14. The highest BCUT2D eigenvalue weighted by atomic mass is 16.5. The third-order valence-corrected chi connectivity index (χ3v) is 4.14. The number of methoxy groups -OCH3 is 2. The zero-order valence-electron chi connectivity index (χ0n) is 16.7. The monoisotopic (exact) mass is 368 g/mol. The lowest BCUT2D eigenvalue weighted by Crippen LogP contribution is -2.27. The number of nitrogens with one attached hydrogen (secondary N) is 1. The molecule has 0 radical (unpaired) electrons. The summed E-state index contributed by atoms with van der Waals surface area (Å²) in [6.07, 6.45) is 2.55. The summed E-state index contributed by atoms with van der Waals surface area (Å²) in [5.41, 5.74) is 3.78. The predicted octanol–water partition coefficient (Wildman–Crippen LogP) is 3.27. The average Bonchev–Trinajstić information content (AvgIpc) is 2.66. The van der Waals surface area contributed by atoms with Gasteiger partial charge in [-0.1, -0.05) is 35.9 Å². The van der Waals surface area contributed by atoms with E-state index in [4.69, 9.17) is 9.47 Å². The molecule has 27 heavy (non-hydrogen) atoms. The van der Waals surface area contributed by atoms with E-state index < -0.39 is 0 Å². The lowest BCUT2D eigenvalue weighted by molar-refractivity contribution is -0.115. The number of rotatable bonds is 8. The first-order valence-electron chi connectivity index (χ1n) is 8.89. The van der Waals surface area contributed by atoms with Crippen LogP contribution < -0.4 is 14.8 Å². The Kier molecular flexibility index (Phi) is 7.29. The number of ether oxygens (including phenoxy) is 2. The highest BCUT2D eigenvalue weighted by molar-refractivity contribution is 6.19. The van der Waals surface area contributed by atoms with Crippen LogP contribution in [-0.2, 0) is 11.2 Å². The number of aryl methyl sites for hydroxylation is 1. The summed E-state index contributed by atoms with van der Waals surface area (Å²) in [5, 5.41) is 3.01. The first-order chi connectivity index (χ1) is 12.9. The smallest absolute Gasteiger partial charge is 0.253 e. The van der Waals surface area contributed by atoms with Crippen LogP contribution in [0, 0.1) is 6.92 Å². The van der Waals surface area contributed by atoms with Gasteiger partial charge in [-0.15, -0.1) is 0 Å². The van der Waals surface area contributed by atoms with Crippen molar-refractivity contribution in [2.45, 2.75) is 13.3 Å². The molecule has 0 bridgehead atoms. The van der Waals surface area contributed by atoms with Crippen molar-refractivity contribution in [3.8, 4) is 11.5 Å². The number of benzene rings is 2. The van der Waals surface area contributed by atoms with Crippen molar-refractivity contribution >= 4 is 11.5 Å². The van der Waals surface area contributed by atoms with E-state index in [1.165, 1.54) is 0 Å². The normalized spacial score (nSPS) is 11.1. The fourth-order valence-corrected chi connectivity index (χ4v) is 2.71. The van der Waals surface area contributed by atoms with E-state index in [9.17, 15) is 4.79 Å². The number of hydrogen-bond acceptors (Lipinski definition) is 4. The topological polar surface area (TPSA) is 50.8 Å². The molecule has 0 saturated heterocycles. The first-order valence-corrected chi connectivity index (χ1v) is 8.89. The molecule has 0 aliphatic carbocycles. The standard InChI is InChI=1S/C22H28N2O3/c1-16-6-9-18(10-7-16)19(15-24(2)3)22(25)23-13-12-17-8-11-20(26-4)21(14-17)27-5/h6-11,14-15H,12-13H2,1-5H3,(H,23,25)/b19-15-. The molecule has 1 N–H and O–H groups in total. The molecule has 5 nitrogen and oxygen atoms in total. The fraction of sp³-hybridized carbons (Fsp3) is 0.318. The molecule has 0 aromatic heterocycles. The van der Waals surface area contributed by atoms with Gasteiger partial charge in [0.05, 0.1) is 19.8 Å². The van der Waals surface area contributed by atoms with Crippen molar-refractivity contribution in [3.63, 3.8) is 0 Å². The van der Waals surface area contributed by atoms with Gasteiger partial charge >= 0.3 is 0 Å². The van der Waals surface area contributed by atoms with Crippen LogP contribution in [0.4, 0.5) is 0 Å². The summed E-state index contributed by atoms with van der Waals surface area (Å²) in [6, 6.07) is 13.7. The van der Waals surface area contributed by atoms with E-state index in [0.717, 1.165) is 16.7 Å². The van der Waals surface area contributed by atoms with Gasteiger partial charge in [-0.05, 0) is 36.6 Å². The highest BCUT2D eigenvalue weighted by Crippen LogP contribution is 2.27. The fourth-order valence-electron chi connectivity index (χ4n) is 2.71. The largest absolute Gasteiger partial charge is 0.493 e. The minimum Gasteiger partial charge on any atom is -0.493 e. The van der Waals surface area contributed by atoms with Crippen LogP contribution in [0.5, 0.6) is 11.5 Å². The molecule has 0 fully saturated rings. The number of carbonyl (C=O) groups excluding carboxylic acids is 1. The molecule has 0 aliphatic rings. The molecule has 0 atom stereocenters. The van der Waals surface area contributed by atoms with E-state index in [0.29, 0.717) is 30.0 Å². The van der Waals surface area contributed by atoms with Gasteiger partial charge in [-0.2, -0.15) is 0 Å². The van der Waals surface area contributed by atoms with Gasteiger partial charge in [-0.25, -0.2) is 0 Å². The molecule has 2 rings (SSSR count). The van der Waals surface area contributed by atoms with Gasteiger partial charge in [0.15, 0.2) is 11.5 Å². The molecule has 144 valence electrons. The second-order valence-electron chi connectivity index (χ2n) is 6.57. The molecule has 0 unspecified atom stereocenters. The summed E-state index contributed by atoms with van der Waals surface area (Å²) < 4.78 is 10.6. The summed E-state index contributed by atoms with van der Waals surface area (Å²) in [7, 11) is 7.04. The molecule has 2 aromatic carbocycles. The van der Waals surface area contributed by atoms with Crippen molar-refractivity contribution in [1.82, 2.24) is 10.2 Å². The maximum absolute atomic E-state index is 12.7. The maximum atomic E-state index is 12.7. The lowest BCUT2D eigenvalue weighted by atomic mass is 10.0. The summed E-state index contributed by atoms with van der Waals surface area (Å²) in [4.78, 5) is 14.6. The van der Waals surface area contributed by atoms with Crippen molar-refractivity contribution < 1.29 is 14.3 Å². The van der Waals surface area contributed by atoms with Crippen LogP contribution in [0.15, 0.2) is 48.7 Å². The Bertz CT molecular complexity index is 796. The number of hydrogen-bond donors (Lipinski definition) is 1. The van der Waals surface area contributed by atoms with Gasteiger partial charge < -0.3 is 19.7 Å². The first kappa shape index (κ1) is 20.4. The van der Waals surface area contributed by atoms with E-state index >= 15 is 0 Å². The Morgan fingerprint density at radius 3 is 2.30 bits per heavy atom. The molecule has 0 aliphatic heterocycles. The van der Waals surface area contributed by atoms with Gasteiger partial charge in [0.25, 0.3) is 5.91 Å². The Morgan fingerprint density at radius 2 is 1.70 bits per heavy atom. The summed E-state index contributed by atoms with van der Waals surface area (Å²) in [5.74, 6) is 1.29. The quantitative estimate of drug-likeness (QED) is 0.727. The Hall–Kier alpha value is -2.95. The van der Waals surface area contributed by atoms with E-state index in [1.54, 1.807) is 14.2 Å². The van der Waals surface area contributed by atoms with Crippen molar-refractivity contribution in [2.24, 2.45) is 0 Å². The molecule has 0 saturated carbocycles. The average molecular weight is 368 g/mol. The van der Waals surface area contributed by atoms with Crippen LogP contribution in [0.2, 0.25) is 0 Å². The molecule has 0 spiro atoms. The molecule has 1 amide bonds. The third kappa shape index (κ3) is 5.78. The van der Waals surface area contributed by atoms with Crippen molar-refractivity contribution in [1.29, 1.82) is 0 Å². The Morgan fingerprint density at radius 1 is 1.04 bits per heavy atom. The van der Waals surface area contributed by atoms with E-state index in [1.807, 2.05) is 74.6 Å². The SMILES string of the molecule is COc1ccc(CCNC(=O)/C(=C\N(C)C)c2ccc(C)cc2)cc1OC. The van der Waals surface area contributed by atoms with E-state index in [-0.39, 0.29) is 5.91 Å². The highest BCUT2D eigenvalue weighted by Gasteiger charge is 2.12. The zero-order valence-corrected chi connectivity index (χ0v) is 16.7. The molecular weight excluding hydrogens is 340 g/mol. The molecule has 0 heterocycles. The van der Waals surface area contributed by atoms with Crippen molar-refractivity contribution in [3.05, 3.63) is 65.4 Å². The van der Waals surface area contributed by atoms with Crippen LogP contribution >= 0.6 is 0 Å². The molecule has 2 aromatic rings. The van der Waals surface area contributed by atoms with Crippen LogP contribution in [-0.4, -0.2) is 45.7 Å². The minimum absolute atomic E-state index is 0.0898. The lowest BCUT2D eigenvalue weighted by Gasteiger charge is -2.14. The number of amides is 1. The second kappa shape index (κ2) is 9.67. The Balaban J connectivity index is 2.05. The Labute approximate surface area is 161 Å². The predicted molar refractivity (Wildman–Crippen MR) is 109 cm³/mol. The zero-order chi connectivity index (χ0) is 19.8. The second-order valence-corrected chi connectivity index (χ2v) is 6.57. The van der Waals surface area contributed by atoms with Gasteiger partial charge in [-0.3, -0.25) is 4.79 Å². The van der Waals surface area contributed by atoms with Crippen LogP contribution in [0.25, 0.3) is 5.57 Å². The molecular formula is C22H28N2O3. The van der Waals surface area contributed by atoms with Crippen molar-refractivity contribution in [2.75, 3.05) is 34.9 Å². The van der Waals surface area contributed by atoms with Crippen LogP contribution in [0.3, 0.4) is 0 Å².